The van der Waals surface area contributed by atoms with Crippen LogP contribution in [0.15, 0.2) is 47.6 Å². The number of carbonyl (C=O) groups excluding carboxylic acids is 1. The van der Waals surface area contributed by atoms with E-state index in [0.29, 0.717) is 17.2 Å². The lowest BCUT2D eigenvalue weighted by atomic mass is 9.90. The molecule has 0 spiro atoms. The van der Waals surface area contributed by atoms with Gasteiger partial charge in [0.2, 0.25) is 11.7 Å². The lowest BCUT2D eigenvalue weighted by Crippen LogP contribution is -2.22. The summed E-state index contributed by atoms with van der Waals surface area (Å²) in [6.07, 6.45) is 6.08. The highest BCUT2D eigenvalue weighted by Gasteiger charge is 2.64. The quantitative estimate of drug-likeness (QED) is 0.382. The van der Waals surface area contributed by atoms with Crippen LogP contribution >= 0.6 is 0 Å². The summed E-state index contributed by atoms with van der Waals surface area (Å²) in [4.78, 5) is 33.1. The summed E-state index contributed by atoms with van der Waals surface area (Å²) in [5.41, 5.74) is 2.57. The van der Waals surface area contributed by atoms with Crippen LogP contribution in [0.3, 0.4) is 0 Å². The Kier molecular flexibility index (Phi) is 5.60. The number of nitro benzene ring substituents is 2. The predicted octanol–water partition coefficient (Wildman–Crippen LogP) is 4.57. The first-order valence-corrected chi connectivity index (χ1v) is 10.3. The molecule has 2 aromatic carbocycles. The predicted molar refractivity (Wildman–Crippen MR) is 116 cm³/mol. The minimum absolute atomic E-state index is 0.0374. The highest BCUT2D eigenvalue weighted by molar-refractivity contribution is 5.86. The van der Waals surface area contributed by atoms with Crippen LogP contribution in [0.5, 0.6) is 11.5 Å². The Labute approximate surface area is 183 Å². The number of fused-ring (bicyclic) bond motifs is 1. The molecule has 3 atom stereocenters. The molecule has 10 heteroatoms. The van der Waals surface area contributed by atoms with Crippen LogP contribution in [0, 0.1) is 37.5 Å². The van der Waals surface area contributed by atoms with Crippen molar-refractivity contribution in [2.75, 3.05) is 0 Å². The van der Waals surface area contributed by atoms with E-state index in [1.165, 1.54) is 25.1 Å². The maximum absolute atomic E-state index is 12.4. The number of rotatable bonds is 7. The summed E-state index contributed by atoms with van der Waals surface area (Å²) in [5.74, 6) is 0.676. The molecule has 0 saturated heterocycles. The topological polar surface area (TPSA) is 137 Å². The number of hydrogen-bond acceptors (Lipinski definition) is 7. The van der Waals surface area contributed by atoms with E-state index in [-0.39, 0.29) is 23.0 Å². The van der Waals surface area contributed by atoms with Gasteiger partial charge in [0.1, 0.15) is 5.75 Å². The minimum Gasteiger partial charge on any atom is -0.450 e. The number of amides is 1. The zero-order chi connectivity index (χ0) is 22.9. The Morgan fingerprint density at radius 2 is 1.91 bits per heavy atom. The molecular weight excluding hydrogens is 416 g/mol. The van der Waals surface area contributed by atoms with Gasteiger partial charge in [-0.05, 0) is 60.1 Å². The highest BCUT2D eigenvalue weighted by atomic mass is 16.6. The van der Waals surface area contributed by atoms with Crippen molar-refractivity contribution in [2.45, 2.75) is 32.6 Å². The number of hydrazone groups is 1. The van der Waals surface area contributed by atoms with E-state index in [2.05, 4.69) is 17.5 Å². The Balaban J connectivity index is 1.37. The first-order valence-electron chi connectivity index (χ1n) is 10.3. The third-order valence-corrected chi connectivity index (χ3v) is 6.46. The fraction of sp³-hybridized carbons (Fsp3) is 0.364. The fourth-order valence-electron chi connectivity index (χ4n) is 4.69. The smallest absolute Gasteiger partial charge is 0.318 e. The largest absolute Gasteiger partial charge is 0.450 e. The second-order valence-corrected chi connectivity index (χ2v) is 8.41. The van der Waals surface area contributed by atoms with Gasteiger partial charge in [-0.15, -0.1) is 0 Å². The number of hydrogen-bond donors (Lipinski definition) is 1. The SMILES string of the molecule is C[C@]12CCCC[C@@H]1[C@H]2C(=O)N/N=C\c1ccc(Oc2ccc([N+](=O)[O-])cc2[N+](=O)[O-])cc1. The summed E-state index contributed by atoms with van der Waals surface area (Å²) >= 11 is 0. The highest BCUT2D eigenvalue weighted by Crippen LogP contribution is 2.66. The number of non-ortho nitro benzene ring substituents is 1. The third kappa shape index (κ3) is 4.16. The van der Waals surface area contributed by atoms with E-state index < -0.39 is 21.2 Å². The summed E-state index contributed by atoms with van der Waals surface area (Å²) in [6, 6.07) is 9.73. The molecule has 0 heterocycles. The van der Waals surface area contributed by atoms with Crippen LogP contribution in [0.1, 0.15) is 38.2 Å². The van der Waals surface area contributed by atoms with Gasteiger partial charge in [-0.25, -0.2) is 5.43 Å². The average molecular weight is 438 g/mol. The molecule has 1 N–H and O–H groups in total. The number of benzene rings is 2. The van der Waals surface area contributed by atoms with Gasteiger partial charge < -0.3 is 4.74 Å². The molecule has 2 saturated carbocycles. The Bertz CT molecular complexity index is 1100. The Morgan fingerprint density at radius 3 is 2.53 bits per heavy atom. The van der Waals surface area contributed by atoms with Gasteiger partial charge in [-0.3, -0.25) is 25.0 Å². The maximum Gasteiger partial charge on any atom is 0.318 e. The monoisotopic (exact) mass is 438 g/mol. The zero-order valence-electron chi connectivity index (χ0n) is 17.4. The standard InChI is InChI=1S/C22H22N4O6/c1-22-11-3-2-4-17(22)20(22)21(27)24-23-13-14-5-8-16(9-6-14)32-19-10-7-15(25(28)29)12-18(19)26(30)31/h5-10,12-13,17,20H,2-4,11H2,1H3,(H,24,27)/b23-13-/t17-,20+,22+/m1/s1. The van der Waals surface area contributed by atoms with Gasteiger partial charge in [0.25, 0.3) is 5.69 Å². The molecule has 0 bridgehead atoms. The maximum atomic E-state index is 12.4. The van der Waals surface area contributed by atoms with E-state index in [1.54, 1.807) is 24.3 Å². The first kappa shape index (κ1) is 21.4. The van der Waals surface area contributed by atoms with E-state index in [1.807, 2.05) is 0 Å². The molecule has 0 radical (unpaired) electrons. The zero-order valence-corrected chi connectivity index (χ0v) is 17.4. The lowest BCUT2D eigenvalue weighted by Gasteiger charge is -2.15. The number of nitrogens with zero attached hydrogens (tertiary/aromatic N) is 3. The average Bonchev–Trinajstić information content (AvgIpc) is 3.40. The number of ether oxygens (including phenoxy) is 1. The van der Waals surface area contributed by atoms with Crippen molar-refractivity contribution >= 4 is 23.5 Å². The number of nitro groups is 2. The van der Waals surface area contributed by atoms with Crippen molar-refractivity contribution in [1.29, 1.82) is 0 Å². The lowest BCUT2D eigenvalue weighted by molar-refractivity contribution is -0.394. The summed E-state index contributed by atoms with van der Waals surface area (Å²) < 4.78 is 5.53. The van der Waals surface area contributed by atoms with E-state index >= 15 is 0 Å². The van der Waals surface area contributed by atoms with E-state index in [4.69, 9.17) is 4.74 Å². The molecule has 32 heavy (non-hydrogen) atoms. The van der Waals surface area contributed by atoms with Gasteiger partial charge in [-0.1, -0.05) is 19.8 Å². The Hall–Kier alpha value is -3.82. The van der Waals surface area contributed by atoms with Crippen LogP contribution in [-0.2, 0) is 4.79 Å². The molecule has 0 aliphatic heterocycles. The molecule has 2 aromatic rings. The van der Waals surface area contributed by atoms with Gasteiger partial charge in [0.05, 0.1) is 22.1 Å². The molecule has 0 unspecified atom stereocenters. The van der Waals surface area contributed by atoms with Crippen LogP contribution < -0.4 is 10.2 Å². The molecule has 1 amide bonds. The van der Waals surface area contributed by atoms with Crippen LogP contribution in [0.4, 0.5) is 11.4 Å². The molecular formula is C22H22N4O6. The normalized spacial score (nSPS) is 23.9. The molecule has 4 rings (SSSR count). The molecule has 0 aromatic heterocycles. The van der Waals surface area contributed by atoms with E-state index in [9.17, 15) is 25.0 Å². The molecule has 2 aliphatic rings. The van der Waals surface area contributed by atoms with Gasteiger partial charge in [0.15, 0.2) is 0 Å². The third-order valence-electron chi connectivity index (χ3n) is 6.46. The summed E-state index contributed by atoms with van der Waals surface area (Å²) in [5, 5.41) is 26.1. The van der Waals surface area contributed by atoms with Crippen molar-refractivity contribution in [3.63, 3.8) is 0 Å². The van der Waals surface area contributed by atoms with Gasteiger partial charge in [-0.2, -0.15) is 5.10 Å². The van der Waals surface area contributed by atoms with Crippen molar-refractivity contribution in [1.82, 2.24) is 5.43 Å². The fourth-order valence-corrected chi connectivity index (χ4v) is 4.69. The first-order chi connectivity index (χ1) is 15.3. The van der Waals surface area contributed by atoms with Crippen molar-refractivity contribution in [3.8, 4) is 11.5 Å². The number of carbonyl (C=O) groups is 1. The summed E-state index contributed by atoms with van der Waals surface area (Å²) in [7, 11) is 0. The summed E-state index contributed by atoms with van der Waals surface area (Å²) in [6.45, 7) is 2.18. The Morgan fingerprint density at radius 1 is 1.16 bits per heavy atom. The van der Waals surface area contributed by atoms with Crippen molar-refractivity contribution in [2.24, 2.45) is 22.4 Å². The minimum atomic E-state index is -0.734. The number of nitrogens with one attached hydrogen (secondary N) is 1. The second-order valence-electron chi connectivity index (χ2n) is 8.41. The van der Waals surface area contributed by atoms with E-state index in [0.717, 1.165) is 25.0 Å². The molecule has 2 aliphatic carbocycles. The molecule has 10 nitrogen and oxygen atoms in total. The molecule has 2 fully saturated rings. The van der Waals surface area contributed by atoms with Crippen LogP contribution in [-0.4, -0.2) is 22.0 Å². The molecule has 166 valence electrons. The van der Waals surface area contributed by atoms with Crippen LogP contribution in [0.25, 0.3) is 0 Å². The van der Waals surface area contributed by atoms with Gasteiger partial charge in [0, 0.05) is 12.0 Å². The van der Waals surface area contributed by atoms with Crippen molar-refractivity contribution in [3.05, 3.63) is 68.3 Å². The van der Waals surface area contributed by atoms with Crippen LogP contribution in [0.2, 0.25) is 0 Å². The van der Waals surface area contributed by atoms with Gasteiger partial charge >= 0.3 is 5.69 Å². The second kappa shape index (κ2) is 8.37. The van der Waals surface area contributed by atoms with Crippen molar-refractivity contribution < 1.29 is 19.4 Å².